The van der Waals surface area contributed by atoms with Gasteiger partial charge in [0.1, 0.15) is 11.9 Å². The van der Waals surface area contributed by atoms with E-state index < -0.39 is 0 Å². The van der Waals surface area contributed by atoms with Gasteiger partial charge in [0.15, 0.2) is 11.6 Å². The van der Waals surface area contributed by atoms with Gasteiger partial charge in [0.2, 0.25) is 0 Å². The van der Waals surface area contributed by atoms with Gasteiger partial charge in [-0.2, -0.15) is 5.10 Å². The van der Waals surface area contributed by atoms with Gasteiger partial charge in [-0.1, -0.05) is 18.2 Å². The van der Waals surface area contributed by atoms with Gasteiger partial charge in [-0.05, 0) is 44.2 Å². The Hall–Kier alpha value is -2.89. The van der Waals surface area contributed by atoms with Crippen molar-refractivity contribution < 1.29 is 4.74 Å². The van der Waals surface area contributed by atoms with Gasteiger partial charge in [0, 0.05) is 18.7 Å². The summed E-state index contributed by atoms with van der Waals surface area (Å²) in [4.78, 5) is 2.21. The number of benzene rings is 1. The second-order valence-corrected chi connectivity index (χ2v) is 6.38. The van der Waals surface area contributed by atoms with E-state index >= 15 is 0 Å². The maximum atomic E-state index is 6.03. The molecule has 6 heteroatoms. The van der Waals surface area contributed by atoms with Gasteiger partial charge in [-0.3, -0.25) is 0 Å². The highest BCUT2D eigenvalue weighted by molar-refractivity contribution is 5.41. The van der Waals surface area contributed by atoms with E-state index in [1.165, 1.54) is 0 Å². The standard InChI is InChI=1S/C19H21N5O/c1-14-12-15(2)24(22-14)19-9-8-18(20-21-19)23-11-10-17(13-23)25-16-6-4-3-5-7-16/h3-9,12,17H,10-11,13H2,1-2H3/t17-/m0/s1. The maximum Gasteiger partial charge on any atom is 0.176 e. The lowest BCUT2D eigenvalue weighted by Gasteiger charge is -2.17. The first-order valence-electron chi connectivity index (χ1n) is 8.53. The Balaban J connectivity index is 1.43. The highest BCUT2D eigenvalue weighted by atomic mass is 16.5. The zero-order valence-electron chi connectivity index (χ0n) is 14.5. The number of rotatable bonds is 4. The molecule has 0 bridgehead atoms. The summed E-state index contributed by atoms with van der Waals surface area (Å²) in [6.07, 6.45) is 1.16. The molecule has 0 aliphatic carbocycles. The molecule has 128 valence electrons. The van der Waals surface area contributed by atoms with Crippen LogP contribution in [0.3, 0.4) is 0 Å². The van der Waals surface area contributed by atoms with Crippen molar-refractivity contribution in [2.75, 3.05) is 18.0 Å². The SMILES string of the molecule is Cc1cc(C)n(-c2ccc(N3CC[C@H](Oc4ccccc4)C3)nn2)n1. The van der Waals surface area contributed by atoms with Gasteiger partial charge in [-0.25, -0.2) is 4.68 Å². The molecular formula is C19H21N5O. The van der Waals surface area contributed by atoms with Crippen LogP contribution in [0.25, 0.3) is 5.82 Å². The molecule has 1 aliphatic heterocycles. The van der Waals surface area contributed by atoms with Crippen LogP contribution in [0.1, 0.15) is 17.8 Å². The molecule has 1 aliphatic rings. The number of hydrogen-bond donors (Lipinski definition) is 0. The van der Waals surface area contributed by atoms with Crippen LogP contribution >= 0.6 is 0 Å². The zero-order valence-corrected chi connectivity index (χ0v) is 14.5. The third kappa shape index (κ3) is 3.33. The van der Waals surface area contributed by atoms with E-state index in [9.17, 15) is 0 Å². The molecule has 0 saturated carbocycles. The number of nitrogens with zero attached hydrogens (tertiary/aromatic N) is 5. The van der Waals surface area contributed by atoms with E-state index in [0.29, 0.717) is 0 Å². The molecule has 1 aromatic carbocycles. The molecule has 0 spiro atoms. The van der Waals surface area contributed by atoms with E-state index in [-0.39, 0.29) is 6.10 Å². The van der Waals surface area contributed by atoms with Crippen LogP contribution in [-0.4, -0.2) is 39.2 Å². The molecule has 3 heterocycles. The number of ether oxygens (including phenoxy) is 1. The highest BCUT2D eigenvalue weighted by Gasteiger charge is 2.25. The quantitative estimate of drug-likeness (QED) is 0.734. The molecular weight excluding hydrogens is 314 g/mol. The van der Waals surface area contributed by atoms with E-state index in [1.807, 2.05) is 67.1 Å². The second kappa shape index (κ2) is 6.55. The minimum atomic E-state index is 0.180. The van der Waals surface area contributed by atoms with Crippen molar-refractivity contribution in [3.8, 4) is 11.6 Å². The zero-order chi connectivity index (χ0) is 17.2. The van der Waals surface area contributed by atoms with Crippen molar-refractivity contribution in [2.45, 2.75) is 26.4 Å². The Morgan fingerprint density at radius 2 is 1.76 bits per heavy atom. The van der Waals surface area contributed by atoms with Gasteiger partial charge in [0.05, 0.1) is 12.2 Å². The molecule has 2 aromatic heterocycles. The molecule has 1 atom stereocenters. The molecule has 4 rings (SSSR count). The molecule has 25 heavy (non-hydrogen) atoms. The van der Waals surface area contributed by atoms with E-state index in [0.717, 1.165) is 48.3 Å². The molecule has 0 amide bonds. The predicted octanol–water partition coefficient (Wildman–Crippen LogP) is 2.94. The first-order valence-corrected chi connectivity index (χ1v) is 8.53. The van der Waals surface area contributed by atoms with Crippen LogP contribution in [0.2, 0.25) is 0 Å². The van der Waals surface area contributed by atoms with Crippen LogP contribution in [0.4, 0.5) is 5.82 Å². The third-order valence-corrected chi connectivity index (χ3v) is 4.38. The van der Waals surface area contributed by atoms with Gasteiger partial charge < -0.3 is 9.64 Å². The lowest BCUT2D eigenvalue weighted by Crippen LogP contribution is -2.25. The fraction of sp³-hybridized carbons (Fsp3) is 0.316. The Morgan fingerprint density at radius 1 is 1.00 bits per heavy atom. The Bertz CT molecular complexity index is 844. The Morgan fingerprint density at radius 3 is 2.44 bits per heavy atom. The minimum Gasteiger partial charge on any atom is -0.489 e. The van der Waals surface area contributed by atoms with Gasteiger partial charge in [0.25, 0.3) is 0 Å². The number of para-hydroxylation sites is 1. The summed E-state index contributed by atoms with van der Waals surface area (Å²) in [7, 11) is 0. The molecule has 3 aromatic rings. The van der Waals surface area contributed by atoms with Crippen molar-refractivity contribution >= 4 is 5.82 Å². The minimum absolute atomic E-state index is 0.180. The summed E-state index contributed by atoms with van der Waals surface area (Å²) in [5, 5.41) is 13.2. The largest absolute Gasteiger partial charge is 0.489 e. The number of aromatic nitrogens is 4. The average Bonchev–Trinajstić information content (AvgIpc) is 3.22. The van der Waals surface area contributed by atoms with Gasteiger partial charge in [-0.15, -0.1) is 10.2 Å². The van der Waals surface area contributed by atoms with Crippen LogP contribution in [-0.2, 0) is 0 Å². The summed E-state index contributed by atoms with van der Waals surface area (Å²) in [5.74, 6) is 2.54. The molecule has 1 fully saturated rings. The smallest absolute Gasteiger partial charge is 0.176 e. The first-order chi connectivity index (χ1) is 12.2. The van der Waals surface area contributed by atoms with Crippen LogP contribution in [0, 0.1) is 13.8 Å². The van der Waals surface area contributed by atoms with Gasteiger partial charge >= 0.3 is 0 Å². The lowest BCUT2D eigenvalue weighted by molar-refractivity contribution is 0.225. The van der Waals surface area contributed by atoms with Crippen molar-refractivity contribution in [3.63, 3.8) is 0 Å². The number of anilines is 1. The van der Waals surface area contributed by atoms with Crippen LogP contribution in [0.15, 0.2) is 48.5 Å². The first kappa shape index (κ1) is 15.6. The van der Waals surface area contributed by atoms with E-state index in [4.69, 9.17) is 4.74 Å². The van der Waals surface area contributed by atoms with E-state index in [1.54, 1.807) is 0 Å². The van der Waals surface area contributed by atoms with Crippen molar-refractivity contribution in [1.29, 1.82) is 0 Å². The van der Waals surface area contributed by atoms with Crippen molar-refractivity contribution in [1.82, 2.24) is 20.0 Å². The second-order valence-electron chi connectivity index (χ2n) is 6.38. The monoisotopic (exact) mass is 335 g/mol. The van der Waals surface area contributed by atoms with Crippen molar-refractivity contribution in [3.05, 3.63) is 59.9 Å². The molecule has 0 N–H and O–H groups in total. The fourth-order valence-electron chi connectivity index (χ4n) is 3.18. The van der Waals surface area contributed by atoms with Crippen LogP contribution < -0.4 is 9.64 Å². The lowest BCUT2D eigenvalue weighted by atomic mass is 10.3. The summed E-state index contributed by atoms with van der Waals surface area (Å²) in [6.45, 7) is 5.73. The summed E-state index contributed by atoms with van der Waals surface area (Å²) in [5.41, 5.74) is 2.03. The summed E-state index contributed by atoms with van der Waals surface area (Å²) >= 11 is 0. The molecule has 1 saturated heterocycles. The topological polar surface area (TPSA) is 56.1 Å². The average molecular weight is 335 g/mol. The maximum absolute atomic E-state index is 6.03. The van der Waals surface area contributed by atoms with Crippen LogP contribution in [0.5, 0.6) is 5.75 Å². The Kier molecular flexibility index (Phi) is 4.09. The normalized spacial score (nSPS) is 17.0. The molecule has 6 nitrogen and oxygen atoms in total. The number of aryl methyl sites for hydroxylation is 2. The predicted molar refractivity (Wildman–Crippen MR) is 96.3 cm³/mol. The molecule has 0 unspecified atom stereocenters. The van der Waals surface area contributed by atoms with E-state index in [2.05, 4.69) is 20.2 Å². The Labute approximate surface area is 147 Å². The highest BCUT2D eigenvalue weighted by Crippen LogP contribution is 2.22. The number of hydrogen-bond acceptors (Lipinski definition) is 5. The van der Waals surface area contributed by atoms with Crippen molar-refractivity contribution in [2.24, 2.45) is 0 Å². The molecule has 0 radical (unpaired) electrons. The summed E-state index contributed by atoms with van der Waals surface area (Å²) in [6, 6.07) is 16.0. The summed E-state index contributed by atoms with van der Waals surface area (Å²) < 4.78 is 7.85. The third-order valence-electron chi connectivity index (χ3n) is 4.38. The fourth-order valence-corrected chi connectivity index (χ4v) is 3.18.